The molecule has 1 N–H and O–H groups in total. The molecule has 114 valence electrons. The van der Waals surface area contributed by atoms with Gasteiger partial charge in [-0.3, -0.25) is 0 Å². The molecule has 0 spiro atoms. The van der Waals surface area contributed by atoms with Gasteiger partial charge >= 0.3 is 0 Å². The highest BCUT2D eigenvalue weighted by molar-refractivity contribution is 5.77. The molecule has 3 aromatic rings. The fourth-order valence-corrected chi connectivity index (χ4v) is 2.96. The van der Waals surface area contributed by atoms with Crippen LogP contribution in [0.5, 0.6) is 5.75 Å². The second-order valence-corrected chi connectivity index (χ2v) is 5.92. The monoisotopic (exact) mass is 296 g/mol. The number of para-hydroxylation sites is 1. The topological polar surface area (TPSA) is 55.7 Å². The van der Waals surface area contributed by atoms with Crippen molar-refractivity contribution in [2.24, 2.45) is 5.92 Å². The van der Waals surface area contributed by atoms with E-state index in [1.165, 1.54) is 12.8 Å². The molecule has 1 atom stereocenters. The smallest absolute Gasteiger partial charge is 0.177 e. The Labute approximate surface area is 129 Å². The quantitative estimate of drug-likeness (QED) is 0.779. The molecule has 5 nitrogen and oxygen atoms in total. The van der Waals surface area contributed by atoms with Crippen molar-refractivity contribution >= 4 is 11.2 Å². The van der Waals surface area contributed by atoms with Crippen LogP contribution in [0.4, 0.5) is 0 Å². The molecule has 0 unspecified atom stereocenters. The van der Waals surface area contributed by atoms with Crippen LogP contribution < -0.4 is 4.74 Å². The zero-order valence-corrected chi connectivity index (χ0v) is 12.9. The first-order valence-electron chi connectivity index (χ1n) is 7.93. The van der Waals surface area contributed by atoms with E-state index < -0.39 is 0 Å². The summed E-state index contributed by atoms with van der Waals surface area (Å²) in [6, 6.07) is 8.41. The zero-order chi connectivity index (χ0) is 15.1. The van der Waals surface area contributed by atoms with Crippen LogP contribution in [0.1, 0.15) is 32.7 Å². The molecule has 2 heterocycles. The van der Waals surface area contributed by atoms with Crippen molar-refractivity contribution in [1.82, 2.24) is 19.7 Å². The van der Waals surface area contributed by atoms with E-state index in [1.54, 1.807) is 0 Å². The summed E-state index contributed by atoms with van der Waals surface area (Å²) in [7, 11) is 0. The van der Waals surface area contributed by atoms with Crippen LogP contribution in [0.15, 0.2) is 30.5 Å². The third-order valence-electron chi connectivity index (χ3n) is 4.37. The van der Waals surface area contributed by atoms with E-state index in [-0.39, 0.29) is 0 Å². The molecule has 1 aliphatic carbocycles. The number of aromatic amines is 1. The summed E-state index contributed by atoms with van der Waals surface area (Å²) in [6.45, 7) is 4.86. The number of nitrogens with zero attached hydrogens (tertiary/aromatic N) is 3. The van der Waals surface area contributed by atoms with Crippen LogP contribution in [-0.2, 0) is 0 Å². The SMILES string of the molecule is CCOc1ccccc1-c1nc2c(cnn2[C@@H](C)C2CC2)[nH]1. The summed E-state index contributed by atoms with van der Waals surface area (Å²) in [6.07, 6.45) is 4.47. The maximum Gasteiger partial charge on any atom is 0.177 e. The molecule has 22 heavy (non-hydrogen) atoms. The average molecular weight is 296 g/mol. The first kappa shape index (κ1) is 13.4. The van der Waals surface area contributed by atoms with E-state index in [4.69, 9.17) is 9.72 Å². The molecule has 5 heteroatoms. The summed E-state index contributed by atoms with van der Waals surface area (Å²) >= 11 is 0. The average Bonchev–Trinajstić information content (AvgIpc) is 3.18. The van der Waals surface area contributed by atoms with Crippen molar-refractivity contribution in [2.75, 3.05) is 6.61 Å². The number of hydrogen-bond donors (Lipinski definition) is 1. The molecule has 1 aliphatic rings. The molecular formula is C17H20N4O. The molecule has 0 bridgehead atoms. The maximum absolute atomic E-state index is 5.71. The lowest BCUT2D eigenvalue weighted by Gasteiger charge is -2.10. The number of ether oxygens (including phenoxy) is 1. The molecule has 1 aromatic carbocycles. The summed E-state index contributed by atoms with van der Waals surface area (Å²) < 4.78 is 7.76. The molecule has 0 saturated heterocycles. The minimum absolute atomic E-state index is 0.413. The fraction of sp³-hybridized carbons (Fsp3) is 0.412. The molecule has 1 fully saturated rings. The van der Waals surface area contributed by atoms with Crippen LogP contribution in [0.25, 0.3) is 22.6 Å². The highest BCUT2D eigenvalue weighted by atomic mass is 16.5. The number of H-pyrrole nitrogens is 1. The summed E-state index contributed by atoms with van der Waals surface area (Å²) in [5.41, 5.74) is 2.90. The van der Waals surface area contributed by atoms with Crippen LogP contribution in [0.2, 0.25) is 0 Å². The van der Waals surface area contributed by atoms with Gasteiger partial charge in [-0.1, -0.05) is 12.1 Å². The first-order chi connectivity index (χ1) is 10.8. The van der Waals surface area contributed by atoms with Crippen LogP contribution in [-0.4, -0.2) is 26.4 Å². The molecular weight excluding hydrogens is 276 g/mol. The number of aromatic nitrogens is 4. The van der Waals surface area contributed by atoms with E-state index in [9.17, 15) is 0 Å². The minimum Gasteiger partial charge on any atom is -0.493 e. The van der Waals surface area contributed by atoms with Crippen molar-refractivity contribution < 1.29 is 4.74 Å². The number of hydrogen-bond acceptors (Lipinski definition) is 3. The molecule has 4 rings (SSSR count). The van der Waals surface area contributed by atoms with E-state index in [0.29, 0.717) is 12.6 Å². The van der Waals surface area contributed by atoms with Crippen LogP contribution in [0.3, 0.4) is 0 Å². The standard InChI is InChI=1S/C17H20N4O/c1-3-22-15-7-5-4-6-13(15)16-19-14-10-18-21(17(14)20-16)11(2)12-8-9-12/h4-7,10-12H,3,8-9H2,1-2H3,(H,19,20)/t11-/m0/s1. The summed E-state index contributed by atoms with van der Waals surface area (Å²) in [5, 5.41) is 4.50. The molecule has 0 radical (unpaired) electrons. The van der Waals surface area contributed by atoms with E-state index in [2.05, 4.69) is 21.7 Å². The Kier molecular flexibility index (Phi) is 3.13. The van der Waals surface area contributed by atoms with Crippen molar-refractivity contribution in [3.63, 3.8) is 0 Å². The van der Waals surface area contributed by atoms with Crippen LogP contribution >= 0.6 is 0 Å². The normalized spacial score (nSPS) is 16.1. The van der Waals surface area contributed by atoms with Gasteiger partial charge in [0, 0.05) is 0 Å². The van der Waals surface area contributed by atoms with Gasteiger partial charge in [-0.2, -0.15) is 5.10 Å². The Bertz CT molecular complexity index is 800. The van der Waals surface area contributed by atoms with Crippen molar-refractivity contribution in [3.05, 3.63) is 30.5 Å². The second-order valence-electron chi connectivity index (χ2n) is 5.92. The van der Waals surface area contributed by atoms with E-state index in [0.717, 1.165) is 34.2 Å². The summed E-state index contributed by atoms with van der Waals surface area (Å²) in [4.78, 5) is 8.15. The first-order valence-corrected chi connectivity index (χ1v) is 7.93. The third kappa shape index (κ3) is 2.17. The third-order valence-corrected chi connectivity index (χ3v) is 4.37. The van der Waals surface area contributed by atoms with Gasteiger partial charge in [-0.15, -0.1) is 0 Å². The van der Waals surface area contributed by atoms with Gasteiger partial charge in [-0.25, -0.2) is 9.67 Å². The predicted molar refractivity (Wildman–Crippen MR) is 85.9 cm³/mol. The second kappa shape index (κ2) is 5.16. The largest absolute Gasteiger partial charge is 0.493 e. The Hall–Kier alpha value is -2.30. The van der Waals surface area contributed by atoms with Crippen LogP contribution in [0, 0.1) is 5.92 Å². The number of nitrogens with one attached hydrogen (secondary N) is 1. The molecule has 2 aromatic heterocycles. The maximum atomic E-state index is 5.71. The van der Waals surface area contributed by atoms with Crippen molar-refractivity contribution in [1.29, 1.82) is 0 Å². The van der Waals surface area contributed by atoms with Gasteiger partial charge in [0.25, 0.3) is 0 Å². The Morgan fingerprint density at radius 2 is 2.18 bits per heavy atom. The number of rotatable bonds is 5. The zero-order valence-electron chi connectivity index (χ0n) is 12.9. The van der Waals surface area contributed by atoms with Gasteiger partial charge in [-0.05, 0) is 44.7 Å². The van der Waals surface area contributed by atoms with E-state index >= 15 is 0 Å². The highest BCUT2D eigenvalue weighted by Gasteiger charge is 2.31. The molecule has 0 amide bonds. The van der Waals surface area contributed by atoms with Gasteiger partial charge in [0.1, 0.15) is 17.1 Å². The Morgan fingerprint density at radius 1 is 1.36 bits per heavy atom. The Morgan fingerprint density at radius 3 is 2.95 bits per heavy atom. The number of benzene rings is 1. The van der Waals surface area contributed by atoms with Gasteiger partial charge in [0.05, 0.1) is 24.4 Å². The molecule has 1 saturated carbocycles. The van der Waals surface area contributed by atoms with Crippen molar-refractivity contribution in [2.45, 2.75) is 32.7 Å². The summed E-state index contributed by atoms with van der Waals surface area (Å²) in [5.74, 6) is 2.45. The van der Waals surface area contributed by atoms with Gasteiger partial charge in [0.2, 0.25) is 0 Å². The molecule has 0 aliphatic heterocycles. The predicted octanol–water partition coefficient (Wildman–Crippen LogP) is 3.80. The minimum atomic E-state index is 0.413. The van der Waals surface area contributed by atoms with E-state index in [1.807, 2.05) is 37.4 Å². The lowest BCUT2D eigenvalue weighted by molar-refractivity contribution is 0.341. The highest BCUT2D eigenvalue weighted by Crippen LogP contribution is 2.40. The lowest BCUT2D eigenvalue weighted by Crippen LogP contribution is -2.08. The van der Waals surface area contributed by atoms with Crippen molar-refractivity contribution in [3.8, 4) is 17.1 Å². The Balaban J connectivity index is 1.77. The number of fused-ring (bicyclic) bond motifs is 1. The van der Waals surface area contributed by atoms with Gasteiger partial charge in [0.15, 0.2) is 5.65 Å². The number of imidazole rings is 1. The fourth-order valence-electron chi connectivity index (χ4n) is 2.96. The van der Waals surface area contributed by atoms with Gasteiger partial charge < -0.3 is 9.72 Å². The lowest BCUT2D eigenvalue weighted by atomic mass is 10.2.